The van der Waals surface area contributed by atoms with Crippen LogP contribution in [0, 0.1) is 12.8 Å². The molecule has 90 valence electrons. The number of halogens is 1. The molecular weight excluding hydrogens is 238 g/mol. The molecule has 1 unspecified atom stereocenters. The third kappa shape index (κ3) is 2.15. The molecule has 1 aromatic carbocycles. The Bertz CT molecular complexity index is 574. The first-order valence-corrected chi connectivity index (χ1v) is 5.87. The molecule has 0 saturated carbocycles. The van der Waals surface area contributed by atoms with Crippen LogP contribution in [0.2, 0.25) is 5.02 Å². The minimum absolute atomic E-state index is 0.402. The predicted molar refractivity (Wildman–Crippen MR) is 68.5 cm³/mol. The molecule has 2 N–H and O–H groups in total. The molecule has 0 amide bonds. The molecular formula is C13H14ClNO2. The first kappa shape index (κ1) is 12.0. The maximum Gasteiger partial charge on any atom is 0.306 e. The van der Waals surface area contributed by atoms with Crippen molar-refractivity contribution in [3.8, 4) is 0 Å². The summed E-state index contributed by atoms with van der Waals surface area (Å²) >= 11 is 6.09. The smallest absolute Gasteiger partial charge is 0.306 e. The Hall–Kier alpha value is -1.48. The number of aryl methyl sites for hydroxylation is 1. The van der Waals surface area contributed by atoms with Crippen LogP contribution in [0.15, 0.2) is 18.2 Å². The lowest BCUT2D eigenvalue weighted by atomic mass is 10.0. The summed E-state index contributed by atoms with van der Waals surface area (Å²) in [5.74, 6) is -1.19. The van der Waals surface area contributed by atoms with Gasteiger partial charge < -0.3 is 10.1 Å². The van der Waals surface area contributed by atoms with Crippen molar-refractivity contribution in [2.24, 2.45) is 5.92 Å². The standard InChI is InChI=1S/C13H14ClNO2/c1-7(13(16)17)6-11-8(2)9-4-3-5-10(14)12(9)15-11/h3-5,7,15H,6H2,1-2H3,(H,16,17). The van der Waals surface area contributed by atoms with E-state index in [0.717, 1.165) is 22.2 Å². The SMILES string of the molecule is Cc1c(CC(C)C(=O)O)[nH]c2c(Cl)cccc12. The van der Waals surface area contributed by atoms with Gasteiger partial charge in [-0.15, -0.1) is 0 Å². The fraction of sp³-hybridized carbons (Fsp3) is 0.308. The number of carbonyl (C=O) groups is 1. The number of carboxylic acid groups (broad SMARTS) is 1. The Kier molecular flexibility index (Phi) is 3.11. The molecule has 0 fully saturated rings. The topological polar surface area (TPSA) is 53.1 Å². The van der Waals surface area contributed by atoms with Gasteiger partial charge in [0.2, 0.25) is 0 Å². The van der Waals surface area contributed by atoms with Gasteiger partial charge >= 0.3 is 5.97 Å². The first-order chi connectivity index (χ1) is 8.00. The third-order valence-electron chi connectivity index (χ3n) is 3.08. The summed E-state index contributed by atoms with van der Waals surface area (Å²) in [7, 11) is 0. The van der Waals surface area contributed by atoms with Crippen molar-refractivity contribution in [2.45, 2.75) is 20.3 Å². The summed E-state index contributed by atoms with van der Waals surface area (Å²) in [4.78, 5) is 14.1. The van der Waals surface area contributed by atoms with E-state index in [2.05, 4.69) is 4.98 Å². The van der Waals surface area contributed by atoms with Crippen molar-refractivity contribution in [2.75, 3.05) is 0 Å². The van der Waals surface area contributed by atoms with Gasteiger partial charge in [0.25, 0.3) is 0 Å². The zero-order valence-electron chi connectivity index (χ0n) is 9.75. The van der Waals surface area contributed by atoms with Crippen LogP contribution in [0.5, 0.6) is 0 Å². The molecule has 17 heavy (non-hydrogen) atoms. The molecule has 2 aromatic rings. The van der Waals surface area contributed by atoms with Crippen LogP contribution in [0.3, 0.4) is 0 Å². The third-order valence-corrected chi connectivity index (χ3v) is 3.39. The molecule has 0 aliphatic carbocycles. The van der Waals surface area contributed by atoms with Crippen molar-refractivity contribution in [3.63, 3.8) is 0 Å². The molecule has 1 heterocycles. The van der Waals surface area contributed by atoms with E-state index in [0.29, 0.717) is 11.4 Å². The lowest BCUT2D eigenvalue weighted by Crippen LogP contribution is -2.12. The van der Waals surface area contributed by atoms with Gasteiger partial charge in [-0.05, 0) is 18.6 Å². The van der Waals surface area contributed by atoms with Gasteiger partial charge in [0.1, 0.15) is 0 Å². The van der Waals surface area contributed by atoms with E-state index in [1.807, 2.05) is 25.1 Å². The second kappa shape index (κ2) is 4.41. The number of carboxylic acids is 1. The molecule has 0 aliphatic heterocycles. The number of para-hydroxylation sites is 1. The summed E-state index contributed by atoms with van der Waals surface area (Å²) in [6.07, 6.45) is 0.492. The largest absolute Gasteiger partial charge is 0.481 e. The Morgan fingerprint density at radius 2 is 2.24 bits per heavy atom. The van der Waals surface area contributed by atoms with Crippen molar-refractivity contribution in [1.82, 2.24) is 4.98 Å². The van der Waals surface area contributed by atoms with Crippen LogP contribution < -0.4 is 0 Å². The van der Waals surface area contributed by atoms with Crippen LogP contribution in [0.4, 0.5) is 0 Å². The van der Waals surface area contributed by atoms with E-state index >= 15 is 0 Å². The van der Waals surface area contributed by atoms with E-state index in [4.69, 9.17) is 16.7 Å². The number of hydrogen-bond donors (Lipinski definition) is 2. The molecule has 0 bridgehead atoms. The predicted octanol–water partition coefficient (Wildman–Crippen LogP) is 3.39. The normalized spacial score (nSPS) is 12.9. The van der Waals surface area contributed by atoms with Gasteiger partial charge in [-0.3, -0.25) is 4.79 Å². The Morgan fingerprint density at radius 1 is 1.53 bits per heavy atom. The highest BCUT2D eigenvalue weighted by atomic mass is 35.5. The van der Waals surface area contributed by atoms with Crippen molar-refractivity contribution in [1.29, 1.82) is 0 Å². The molecule has 3 nitrogen and oxygen atoms in total. The molecule has 0 radical (unpaired) electrons. The van der Waals surface area contributed by atoms with Crippen molar-refractivity contribution in [3.05, 3.63) is 34.5 Å². The number of benzene rings is 1. The Morgan fingerprint density at radius 3 is 2.82 bits per heavy atom. The van der Waals surface area contributed by atoms with Gasteiger partial charge in [-0.1, -0.05) is 30.7 Å². The Balaban J connectivity index is 2.46. The summed E-state index contributed by atoms with van der Waals surface area (Å²) < 4.78 is 0. The minimum atomic E-state index is -0.783. The fourth-order valence-corrected chi connectivity index (χ4v) is 2.19. The number of nitrogens with one attached hydrogen (secondary N) is 1. The zero-order chi connectivity index (χ0) is 12.6. The van der Waals surface area contributed by atoms with E-state index in [-0.39, 0.29) is 0 Å². The van der Waals surface area contributed by atoms with Crippen molar-refractivity contribution >= 4 is 28.5 Å². The number of aromatic amines is 1. The van der Waals surface area contributed by atoms with Crippen LogP contribution in [0.1, 0.15) is 18.2 Å². The summed E-state index contributed by atoms with van der Waals surface area (Å²) in [5, 5.41) is 10.7. The minimum Gasteiger partial charge on any atom is -0.481 e. The van der Waals surface area contributed by atoms with Gasteiger partial charge in [0.05, 0.1) is 16.5 Å². The summed E-state index contributed by atoms with van der Waals surface area (Å²) in [6.45, 7) is 3.69. The lowest BCUT2D eigenvalue weighted by Gasteiger charge is -2.04. The lowest BCUT2D eigenvalue weighted by molar-refractivity contribution is -0.141. The zero-order valence-corrected chi connectivity index (χ0v) is 10.5. The monoisotopic (exact) mass is 251 g/mol. The number of fused-ring (bicyclic) bond motifs is 1. The van der Waals surface area contributed by atoms with Crippen LogP contribution in [-0.4, -0.2) is 16.1 Å². The van der Waals surface area contributed by atoms with E-state index in [9.17, 15) is 4.79 Å². The molecule has 0 aliphatic rings. The quantitative estimate of drug-likeness (QED) is 0.879. The molecule has 4 heteroatoms. The number of aliphatic carboxylic acids is 1. The van der Waals surface area contributed by atoms with Gasteiger partial charge in [0, 0.05) is 17.5 Å². The molecule has 1 atom stereocenters. The highest BCUT2D eigenvalue weighted by Gasteiger charge is 2.16. The van der Waals surface area contributed by atoms with Gasteiger partial charge in [-0.25, -0.2) is 0 Å². The van der Waals surface area contributed by atoms with Gasteiger partial charge in [0.15, 0.2) is 0 Å². The van der Waals surface area contributed by atoms with E-state index < -0.39 is 11.9 Å². The van der Waals surface area contributed by atoms with Gasteiger partial charge in [-0.2, -0.15) is 0 Å². The first-order valence-electron chi connectivity index (χ1n) is 5.49. The molecule has 2 rings (SSSR count). The number of hydrogen-bond acceptors (Lipinski definition) is 1. The molecule has 0 spiro atoms. The summed E-state index contributed by atoms with van der Waals surface area (Å²) in [6, 6.07) is 5.71. The Labute approximate surface area is 104 Å². The highest BCUT2D eigenvalue weighted by Crippen LogP contribution is 2.28. The fourth-order valence-electron chi connectivity index (χ4n) is 1.97. The summed E-state index contributed by atoms with van der Waals surface area (Å²) in [5.41, 5.74) is 2.91. The second-order valence-corrected chi connectivity index (χ2v) is 4.74. The van der Waals surface area contributed by atoms with Crippen molar-refractivity contribution < 1.29 is 9.90 Å². The van der Waals surface area contributed by atoms with Crippen LogP contribution in [-0.2, 0) is 11.2 Å². The van der Waals surface area contributed by atoms with Crippen LogP contribution in [0.25, 0.3) is 10.9 Å². The van der Waals surface area contributed by atoms with E-state index in [1.54, 1.807) is 6.92 Å². The molecule has 0 saturated heterocycles. The van der Waals surface area contributed by atoms with Crippen LogP contribution >= 0.6 is 11.6 Å². The highest BCUT2D eigenvalue weighted by molar-refractivity contribution is 6.35. The molecule has 1 aromatic heterocycles. The number of aromatic nitrogens is 1. The maximum absolute atomic E-state index is 10.9. The average molecular weight is 252 g/mol. The number of rotatable bonds is 3. The maximum atomic E-state index is 10.9. The second-order valence-electron chi connectivity index (χ2n) is 4.33. The van der Waals surface area contributed by atoms with E-state index in [1.165, 1.54) is 0 Å². The number of H-pyrrole nitrogens is 1. The average Bonchev–Trinajstić information content (AvgIpc) is 2.58.